The van der Waals surface area contributed by atoms with Crippen LogP contribution in [0, 0.1) is 0 Å². The number of nitrogens with one attached hydrogen (secondary N) is 1. The molecule has 0 radical (unpaired) electrons. The number of rotatable bonds is 6. The Labute approximate surface area is 110 Å². The first-order valence-corrected chi connectivity index (χ1v) is 6.12. The highest BCUT2D eigenvalue weighted by Crippen LogP contribution is 2.07. The summed E-state index contributed by atoms with van der Waals surface area (Å²) in [5.74, 6) is 0.770. The largest absolute Gasteiger partial charge is 0.391 e. The molecule has 0 aliphatic rings. The first-order chi connectivity index (χ1) is 9.19. The molecule has 2 rings (SSSR count). The van der Waals surface area contributed by atoms with Crippen molar-refractivity contribution in [3.63, 3.8) is 0 Å². The maximum absolute atomic E-state index is 9.65. The Morgan fingerprint density at radius 3 is 2.95 bits per heavy atom. The summed E-state index contributed by atoms with van der Waals surface area (Å²) in [6.45, 7) is 2.38. The van der Waals surface area contributed by atoms with Gasteiger partial charge in [0.2, 0.25) is 11.9 Å². The SMILES string of the molecule is CCCC(O)CNc1nc(N)nc(-n2cccn2)n1. The quantitative estimate of drug-likeness (QED) is 0.682. The van der Waals surface area contributed by atoms with Crippen LogP contribution in [0.25, 0.3) is 5.95 Å². The molecule has 0 aromatic carbocycles. The maximum atomic E-state index is 9.65. The molecular formula is C11H17N7O. The fourth-order valence-electron chi connectivity index (χ4n) is 1.59. The monoisotopic (exact) mass is 263 g/mol. The molecule has 2 aromatic rings. The van der Waals surface area contributed by atoms with E-state index in [1.54, 1.807) is 18.5 Å². The highest BCUT2D eigenvalue weighted by molar-refractivity contribution is 5.34. The van der Waals surface area contributed by atoms with Crippen LogP contribution in [-0.2, 0) is 0 Å². The lowest BCUT2D eigenvalue weighted by Crippen LogP contribution is -2.21. The van der Waals surface area contributed by atoms with Gasteiger partial charge in [0.05, 0.1) is 6.10 Å². The van der Waals surface area contributed by atoms with Crippen LogP contribution in [-0.4, -0.2) is 42.5 Å². The summed E-state index contributed by atoms with van der Waals surface area (Å²) in [7, 11) is 0. The lowest BCUT2D eigenvalue weighted by atomic mass is 10.2. The van der Waals surface area contributed by atoms with E-state index in [9.17, 15) is 5.11 Å². The summed E-state index contributed by atoms with van der Waals surface area (Å²) in [5.41, 5.74) is 5.62. The van der Waals surface area contributed by atoms with Gasteiger partial charge in [-0.25, -0.2) is 4.68 Å². The summed E-state index contributed by atoms with van der Waals surface area (Å²) in [6, 6.07) is 1.76. The van der Waals surface area contributed by atoms with Gasteiger partial charge in [-0.1, -0.05) is 13.3 Å². The molecule has 0 spiro atoms. The number of aliphatic hydroxyl groups is 1. The molecule has 8 nitrogen and oxygen atoms in total. The van der Waals surface area contributed by atoms with Gasteiger partial charge in [0, 0.05) is 18.9 Å². The standard InChI is InChI=1S/C11H17N7O/c1-2-4-8(19)7-13-10-15-9(12)16-11(17-10)18-6-3-5-14-18/h3,5-6,8,19H,2,4,7H2,1H3,(H3,12,13,15,16,17). The van der Waals surface area contributed by atoms with E-state index in [2.05, 4.69) is 25.4 Å². The number of nitrogens with zero attached hydrogens (tertiary/aromatic N) is 5. The Bertz CT molecular complexity index is 514. The van der Waals surface area contributed by atoms with Crippen molar-refractivity contribution in [2.24, 2.45) is 0 Å². The number of hydrogen-bond donors (Lipinski definition) is 3. The molecule has 1 atom stereocenters. The summed E-state index contributed by atoms with van der Waals surface area (Å²) in [5, 5.41) is 16.6. The number of aromatic nitrogens is 5. The molecule has 2 aromatic heterocycles. The molecule has 1 unspecified atom stereocenters. The first kappa shape index (κ1) is 13.2. The van der Waals surface area contributed by atoms with E-state index in [0.717, 1.165) is 12.8 Å². The summed E-state index contributed by atoms with van der Waals surface area (Å²) < 4.78 is 1.49. The van der Waals surface area contributed by atoms with Crippen LogP contribution in [0.3, 0.4) is 0 Å². The molecule has 0 fully saturated rings. The minimum absolute atomic E-state index is 0.105. The average Bonchev–Trinajstić information content (AvgIpc) is 2.90. The van der Waals surface area contributed by atoms with E-state index < -0.39 is 6.10 Å². The number of hydrogen-bond acceptors (Lipinski definition) is 7. The second-order valence-electron chi connectivity index (χ2n) is 4.09. The lowest BCUT2D eigenvalue weighted by Gasteiger charge is -2.11. The Hall–Kier alpha value is -2.22. The Morgan fingerprint density at radius 1 is 1.42 bits per heavy atom. The molecule has 0 amide bonds. The number of nitrogens with two attached hydrogens (primary N) is 1. The smallest absolute Gasteiger partial charge is 0.257 e. The van der Waals surface area contributed by atoms with Crippen LogP contribution >= 0.6 is 0 Å². The fourth-order valence-corrected chi connectivity index (χ4v) is 1.59. The Kier molecular flexibility index (Phi) is 4.24. The van der Waals surface area contributed by atoms with E-state index in [-0.39, 0.29) is 5.95 Å². The van der Waals surface area contributed by atoms with E-state index in [0.29, 0.717) is 18.4 Å². The van der Waals surface area contributed by atoms with Crippen LogP contribution in [0.2, 0.25) is 0 Å². The first-order valence-electron chi connectivity index (χ1n) is 6.12. The van der Waals surface area contributed by atoms with Gasteiger partial charge in [-0.05, 0) is 12.5 Å². The van der Waals surface area contributed by atoms with Crippen LogP contribution in [0.1, 0.15) is 19.8 Å². The van der Waals surface area contributed by atoms with Crippen molar-refractivity contribution >= 4 is 11.9 Å². The molecule has 19 heavy (non-hydrogen) atoms. The van der Waals surface area contributed by atoms with Gasteiger partial charge < -0.3 is 16.2 Å². The van der Waals surface area contributed by atoms with Gasteiger partial charge in [-0.15, -0.1) is 0 Å². The zero-order valence-electron chi connectivity index (χ0n) is 10.7. The van der Waals surface area contributed by atoms with Crippen molar-refractivity contribution in [3.8, 4) is 5.95 Å². The van der Waals surface area contributed by atoms with Crippen LogP contribution in [0.15, 0.2) is 18.5 Å². The summed E-state index contributed by atoms with van der Waals surface area (Å²) >= 11 is 0. The van der Waals surface area contributed by atoms with Gasteiger partial charge in [0.1, 0.15) is 0 Å². The normalized spacial score (nSPS) is 12.3. The van der Waals surface area contributed by atoms with Crippen LogP contribution in [0.5, 0.6) is 0 Å². The highest BCUT2D eigenvalue weighted by Gasteiger charge is 2.08. The van der Waals surface area contributed by atoms with E-state index in [1.165, 1.54) is 4.68 Å². The van der Waals surface area contributed by atoms with Gasteiger partial charge in [0.15, 0.2) is 0 Å². The molecule has 0 saturated heterocycles. The highest BCUT2D eigenvalue weighted by atomic mass is 16.3. The molecule has 102 valence electrons. The molecule has 0 aliphatic heterocycles. The Balaban J connectivity index is 2.09. The molecule has 0 saturated carbocycles. The Morgan fingerprint density at radius 2 is 2.26 bits per heavy atom. The summed E-state index contributed by atoms with van der Waals surface area (Å²) in [4.78, 5) is 12.1. The van der Waals surface area contributed by atoms with Crippen molar-refractivity contribution < 1.29 is 5.11 Å². The topological polar surface area (TPSA) is 115 Å². The third-order valence-corrected chi connectivity index (χ3v) is 2.47. The second kappa shape index (κ2) is 6.10. The molecule has 8 heteroatoms. The van der Waals surface area contributed by atoms with Gasteiger partial charge in [-0.3, -0.25) is 0 Å². The minimum atomic E-state index is -0.434. The molecule has 4 N–H and O–H groups in total. The maximum Gasteiger partial charge on any atom is 0.257 e. The van der Waals surface area contributed by atoms with Gasteiger partial charge >= 0.3 is 0 Å². The van der Waals surface area contributed by atoms with E-state index >= 15 is 0 Å². The second-order valence-corrected chi connectivity index (χ2v) is 4.09. The third-order valence-electron chi connectivity index (χ3n) is 2.47. The van der Waals surface area contributed by atoms with Crippen LogP contribution < -0.4 is 11.1 Å². The van der Waals surface area contributed by atoms with Crippen molar-refractivity contribution in [3.05, 3.63) is 18.5 Å². The number of anilines is 2. The van der Waals surface area contributed by atoms with Crippen molar-refractivity contribution in [1.82, 2.24) is 24.7 Å². The van der Waals surface area contributed by atoms with Crippen molar-refractivity contribution in [1.29, 1.82) is 0 Å². The van der Waals surface area contributed by atoms with Crippen molar-refractivity contribution in [2.45, 2.75) is 25.9 Å². The zero-order chi connectivity index (χ0) is 13.7. The van der Waals surface area contributed by atoms with Crippen molar-refractivity contribution in [2.75, 3.05) is 17.6 Å². The summed E-state index contributed by atoms with van der Waals surface area (Å²) in [6.07, 6.45) is 4.54. The predicted molar refractivity (Wildman–Crippen MR) is 70.8 cm³/mol. The minimum Gasteiger partial charge on any atom is -0.391 e. The molecule has 0 aliphatic carbocycles. The number of nitrogen functional groups attached to an aromatic ring is 1. The van der Waals surface area contributed by atoms with E-state index in [4.69, 9.17) is 5.73 Å². The predicted octanol–water partition coefficient (Wildman–Crippen LogP) is 0.212. The number of aliphatic hydroxyl groups excluding tert-OH is 1. The zero-order valence-corrected chi connectivity index (χ0v) is 10.7. The average molecular weight is 263 g/mol. The lowest BCUT2D eigenvalue weighted by molar-refractivity contribution is 0.176. The van der Waals surface area contributed by atoms with E-state index in [1.807, 2.05) is 6.92 Å². The molecule has 2 heterocycles. The fraction of sp³-hybridized carbons (Fsp3) is 0.455. The molecule has 0 bridgehead atoms. The third kappa shape index (κ3) is 3.62. The van der Waals surface area contributed by atoms with Gasteiger partial charge in [-0.2, -0.15) is 20.1 Å². The van der Waals surface area contributed by atoms with Gasteiger partial charge in [0.25, 0.3) is 5.95 Å². The molecular weight excluding hydrogens is 246 g/mol. The van der Waals surface area contributed by atoms with Crippen LogP contribution in [0.4, 0.5) is 11.9 Å².